The maximum atomic E-state index is 12.8. The molecule has 1 unspecified atom stereocenters. The van der Waals surface area contributed by atoms with Crippen molar-refractivity contribution in [2.45, 2.75) is 5.97 Å². The van der Waals surface area contributed by atoms with Crippen LogP contribution in [0.3, 0.4) is 0 Å². The van der Waals surface area contributed by atoms with E-state index in [-0.39, 0.29) is 0 Å². The van der Waals surface area contributed by atoms with Gasteiger partial charge in [0.25, 0.3) is 11.4 Å². The zero-order chi connectivity index (χ0) is 26.8. The van der Waals surface area contributed by atoms with Gasteiger partial charge < -0.3 is 14.2 Å². The molecule has 2 aromatic carbocycles. The van der Waals surface area contributed by atoms with Crippen LogP contribution in [0.1, 0.15) is 0 Å². The van der Waals surface area contributed by atoms with Crippen LogP contribution in [0.5, 0.6) is 11.5 Å². The van der Waals surface area contributed by atoms with Gasteiger partial charge in [0, 0.05) is 12.1 Å². The van der Waals surface area contributed by atoms with E-state index in [1.54, 1.807) is 0 Å². The molecule has 1 atom stereocenters. The molecular weight excluding hydrogens is 504 g/mol. The van der Waals surface area contributed by atoms with Crippen molar-refractivity contribution >= 4 is 40.7 Å². The number of cyclic esters (lactones) is 1. The van der Waals surface area contributed by atoms with Crippen molar-refractivity contribution in [1.29, 1.82) is 0 Å². The minimum atomic E-state index is -3.61. The fourth-order valence-corrected chi connectivity index (χ4v) is 2.47. The summed E-state index contributed by atoms with van der Waals surface area (Å²) in [4.78, 5) is 84.2. The first-order valence-electron chi connectivity index (χ1n) is 8.74. The lowest BCUT2D eigenvalue weighted by molar-refractivity contribution is -0.452. The normalized spacial score (nSPS) is 16.8. The van der Waals surface area contributed by atoms with Crippen molar-refractivity contribution in [3.8, 4) is 11.5 Å². The molecule has 0 amide bonds. The highest BCUT2D eigenvalue weighted by Crippen LogP contribution is 2.37. The van der Waals surface area contributed by atoms with E-state index >= 15 is 0 Å². The molecule has 1 aliphatic rings. The number of nitrogens with zero attached hydrogens (tertiary/aromatic N) is 4. The lowest BCUT2D eigenvalue weighted by atomic mass is 10.2. The number of carbonyl (C=O) groups excluding carboxylic acids is 3. The molecule has 0 saturated carbocycles. The average molecular weight is 510 g/mol. The number of rotatable bonds is 8. The quantitative estimate of drug-likeness (QED) is 0.119. The van der Waals surface area contributed by atoms with Crippen LogP contribution in [0.15, 0.2) is 36.4 Å². The van der Waals surface area contributed by atoms with Crippen LogP contribution in [-0.2, 0) is 28.9 Å². The Hall–Kier alpha value is -5.79. The third-order valence-corrected chi connectivity index (χ3v) is 4.02. The Bertz CT molecular complexity index is 1360. The molecule has 0 aliphatic carbocycles. The first kappa shape index (κ1) is 24.8. The van der Waals surface area contributed by atoms with E-state index in [2.05, 4.69) is 14.5 Å². The Labute approximate surface area is 194 Å². The highest BCUT2D eigenvalue weighted by molar-refractivity contribution is 6.30. The van der Waals surface area contributed by atoms with E-state index in [4.69, 9.17) is 9.47 Å². The number of nitro groups is 4. The zero-order valence-corrected chi connectivity index (χ0v) is 16.8. The zero-order valence-electron chi connectivity index (χ0n) is 16.8. The minimum absolute atomic E-state index is 0.395. The highest BCUT2D eigenvalue weighted by Gasteiger charge is 2.58. The van der Waals surface area contributed by atoms with Crippen molar-refractivity contribution in [3.05, 3.63) is 76.9 Å². The van der Waals surface area contributed by atoms with Gasteiger partial charge in [0.15, 0.2) is 0 Å². The number of carbonyl (C=O) groups is 3. The number of ether oxygens (including phenoxy) is 3. The summed E-state index contributed by atoms with van der Waals surface area (Å²) in [5.74, 6) is -11.4. The lowest BCUT2D eigenvalue weighted by Gasteiger charge is -2.30. The standard InChI is InChI=1S/C16H6N4O16/c21-13-14(22)35-36-16(34-13,33-12-4-2-8(18(26)27)6-10(12)20(30)31)15(23)32-11-3-1-7(17(24)25)5-9(11)19(28)29/h1-6H. The number of benzene rings is 2. The Morgan fingerprint density at radius 2 is 1.25 bits per heavy atom. The fourth-order valence-electron chi connectivity index (χ4n) is 2.47. The van der Waals surface area contributed by atoms with Gasteiger partial charge in [0.05, 0.1) is 31.8 Å². The number of non-ortho nitro benzene ring substituents is 2. The van der Waals surface area contributed by atoms with Crippen molar-refractivity contribution in [1.82, 2.24) is 0 Å². The number of esters is 2. The molecule has 36 heavy (non-hydrogen) atoms. The largest absolute Gasteiger partial charge is 0.515 e. The molecular formula is C16H6N4O16. The predicted octanol–water partition coefficient (Wildman–Crippen LogP) is 0.989. The Morgan fingerprint density at radius 1 is 0.750 bits per heavy atom. The first-order chi connectivity index (χ1) is 16.8. The van der Waals surface area contributed by atoms with Gasteiger partial charge in [0.1, 0.15) is 0 Å². The molecule has 2 aromatic rings. The van der Waals surface area contributed by atoms with Gasteiger partial charge in [-0.2, -0.15) is 0 Å². The van der Waals surface area contributed by atoms with Crippen LogP contribution in [0.2, 0.25) is 0 Å². The van der Waals surface area contributed by atoms with Gasteiger partial charge in [-0.05, 0) is 12.1 Å². The van der Waals surface area contributed by atoms with Crippen molar-refractivity contribution < 1.29 is 58.1 Å². The van der Waals surface area contributed by atoms with Crippen LogP contribution < -0.4 is 9.47 Å². The Morgan fingerprint density at radius 3 is 1.72 bits per heavy atom. The maximum absolute atomic E-state index is 12.8. The summed E-state index contributed by atoms with van der Waals surface area (Å²) in [6, 6.07) is 3.37. The lowest BCUT2D eigenvalue weighted by Crippen LogP contribution is -2.57. The summed E-state index contributed by atoms with van der Waals surface area (Å²) in [7, 11) is 0. The SMILES string of the molecule is O=C1OOC(Oc2ccc([N+](=O)[O-])cc2[N+](=O)[O-])(C(=O)Oc2ccc([N+](=O)[O-])cc2[N+](=O)[O-])OC1=O. The third-order valence-electron chi connectivity index (χ3n) is 4.02. The summed E-state index contributed by atoms with van der Waals surface area (Å²) in [5, 5.41) is 44.4. The summed E-state index contributed by atoms with van der Waals surface area (Å²) >= 11 is 0. The number of hydrogen-bond donors (Lipinski definition) is 0. The molecule has 0 spiro atoms. The monoisotopic (exact) mass is 510 g/mol. The fraction of sp³-hybridized carbons (Fsp3) is 0.0625. The smallest absolute Gasteiger partial charge is 0.412 e. The Kier molecular flexibility index (Phi) is 6.36. The molecule has 0 aromatic heterocycles. The van der Waals surface area contributed by atoms with Crippen LogP contribution in [0.4, 0.5) is 22.7 Å². The van der Waals surface area contributed by atoms with Crippen molar-refractivity contribution in [2.75, 3.05) is 0 Å². The van der Waals surface area contributed by atoms with Gasteiger partial charge in [-0.25, -0.2) is 14.4 Å². The van der Waals surface area contributed by atoms with E-state index in [9.17, 15) is 54.8 Å². The van der Waals surface area contributed by atoms with E-state index in [0.717, 1.165) is 0 Å². The van der Waals surface area contributed by atoms with Crippen LogP contribution in [0, 0.1) is 40.5 Å². The first-order valence-corrected chi connectivity index (χ1v) is 8.74. The summed E-state index contributed by atoms with van der Waals surface area (Å²) in [6.07, 6.45) is 0. The molecule has 20 nitrogen and oxygen atoms in total. The van der Waals surface area contributed by atoms with Crippen molar-refractivity contribution in [3.63, 3.8) is 0 Å². The van der Waals surface area contributed by atoms with E-state index in [1.165, 1.54) is 0 Å². The molecule has 0 radical (unpaired) electrons. The highest BCUT2D eigenvalue weighted by atomic mass is 17.3. The maximum Gasteiger partial charge on any atom is 0.515 e. The Balaban J connectivity index is 2.06. The van der Waals surface area contributed by atoms with Gasteiger partial charge in [-0.3, -0.25) is 45.3 Å². The van der Waals surface area contributed by atoms with Gasteiger partial charge in [-0.15, -0.1) is 0 Å². The predicted molar refractivity (Wildman–Crippen MR) is 102 cm³/mol. The van der Waals surface area contributed by atoms with E-state index < -0.39 is 77.8 Å². The van der Waals surface area contributed by atoms with Crippen molar-refractivity contribution in [2.24, 2.45) is 0 Å². The molecule has 1 aliphatic heterocycles. The second-order valence-electron chi connectivity index (χ2n) is 6.22. The molecule has 186 valence electrons. The average Bonchev–Trinajstić information content (AvgIpc) is 2.81. The van der Waals surface area contributed by atoms with Crippen LogP contribution in [-0.4, -0.2) is 43.6 Å². The topological polar surface area (TPSA) is 270 Å². The minimum Gasteiger partial charge on any atom is -0.412 e. The van der Waals surface area contributed by atoms with E-state index in [1.807, 2.05) is 0 Å². The number of hydrogen-bond acceptors (Lipinski definition) is 16. The molecule has 0 N–H and O–H groups in total. The molecule has 1 saturated heterocycles. The molecule has 3 rings (SSSR count). The molecule has 0 bridgehead atoms. The molecule has 1 heterocycles. The molecule has 1 fully saturated rings. The van der Waals surface area contributed by atoms with E-state index in [0.29, 0.717) is 36.4 Å². The van der Waals surface area contributed by atoms with Crippen LogP contribution in [0.25, 0.3) is 0 Å². The second-order valence-corrected chi connectivity index (χ2v) is 6.22. The van der Waals surface area contributed by atoms with Gasteiger partial charge in [0.2, 0.25) is 11.5 Å². The van der Waals surface area contributed by atoms with Crippen LogP contribution >= 0.6 is 0 Å². The van der Waals surface area contributed by atoms with Gasteiger partial charge in [-0.1, -0.05) is 4.89 Å². The number of nitro benzene ring substituents is 4. The molecule has 20 heteroatoms. The summed E-state index contributed by atoms with van der Waals surface area (Å²) < 4.78 is 14.1. The second kappa shape index (κ2) is 9.22. The summed E-state index contributed by atoms with van der Waals surface area (Å²) in [6.45, 7) is 0. The summed E-state index contributed by atoms with van der Waals surface area (Å²) in [5.41, 5.74) is -3.86. The van der Waals surface area contributed by atoms with Gasteiger partial charge >= 0.3 is 35.3 Å². The third kappa shape index (κ3) is 4.76.